The first kappa shape index (κ1) is 16.6. The van der Waals surface area contributed by atoms with Gasteiger partial charge in [-0.05, 0) is 35.9 Å². The monoisotopic (exact) mass is 370 g/mol. The zero-order valence-electron chi connectivity index (χ0n) is 15.3. The van der Waals surface area contributed by atoms with Crippen molar-refractivity contribution in [3.8, 4) is 11.5 Å². The molecule has 0 aliphatic carbocycles. The molecule has 0 fully saturated rings. The summed E-state index contributed by atoms with van der Waals surface area (Å²) in [6.45, 7) is 0. The molecule has 0 saturated carbocycles. The molecule has 0 bridgehead atoms. The number of amides is 1. The van der Waals surface area contributed by atoms with E-state index in [4.69, 9.17) is 9.73 Å². The first-order valence-corrected chi connectivity index (χ1v) is 9.14. The maximum absolute atomic E-state index is 13.1. The van der Waals surface area contributed by atoms with Crippen molar-refractivity contribution in [2.75, 3.05) is 12.0 Å². The lowest BCUT2D eigenvalue weighted by atomic mass is 9.96. The molecule has 1 amide bonds. The Kier molecular flexibility index (Phi) is 3.69. The molecule has 2 heterocycles. The molecule has 0 radical (unpaired) electrons. The van der Waals surface area contributed by atoms with Crippen LogP contribution < -0.4 is 9.64 Å². The largest absolute Gasteiger partial charge is 0.507 e. The van der Waals surface area contributed by atoms with E-state index < -0.39 is 0 Å². The van der Waals surface area contributed by atoms with Gasteiger partial charge in [0.25, 0.3) is 5.91 Å². The fourth-order valence-corrected chi connectivity index (χ4v) is 4.06. The van der Waals surface area contributed by atoms with E-state index in [2.05, 4.69) is 0 Å². The maximum Gasteiger partial charge on any atom is 0.259 e. The Labute approximate surface area is 162 Å². The number of para-hydroxylation sites is 2. The minimum atomic E-state index is -0.160. The van der Waals surface area contributed by atoms with Crippen LogP contribution in [0, 0.1) is 0 Å². The van der Waals surface area contributed by atoms with Crippen molar-refractivity contribution < 1.29 is 14.6 Å². The maximum atomic E-state index is 13.1. The van der Waals surface area contributed by atoms with Crippen LogP contribution in [0.5, 0.6) is 11.5 Å². The highest BCUT2D eigenvalue weighted by molar-refractivity contribution is 6.15. The van der Waals surface area contributed by atoms with Gasteiger partial charge in [-0.3, -0.25) is 14.7 Å². The van der Waals surface area contributed by atoms with Crippen molar-refractivity contribution in [1.29, 1.82) is 0 Å². The standard InChI is InChI=1S/C23H18N2O3/c1-28-14-10-11-17(22(26)12-14)19-13-21-15-6-2-3-7-16(15)23(27)25(21)20-9-5-4-8-18(20)24-19/h2-12,21,26H,13H2,1H3/t21-/m1/s1. The number of hydrogen-bond donors (Lipinski definition) is 1. The normalized spacial score (nSPS) is 17.3. The lowest BCUT2D eigenvalue weighted by Crippen LogP contribution is -2.28. The Morgan fingerprint density at radius 3 is 2.64 bits per heavy atom. The average molecular weight is 370 g/mol. The molecule has 0 spiro atoms. The van der Waals surface area contributed by atoms with Crippen LogP contribution in [0.3, 0.4) is 0 Å². The fourth-order valence-electron chi connectivity index (χ4n) is 4.06. The van der Waals surface area contributed by atoms with Gasteiger partial charge in [0.05, 0.1) is 30.2 Å². The van der Waals surface area contributed by atoms with Gasteiger partial charge in [-0.2, -0.15) is 0 Å². The SMILES string of the molecule is COc1ccc(C2=Nc3ccccc3N3C(=O)c4ccccc4[C@H]3C2)c(O)c1. The number of rotatable bonds is 2. The molecule has 5 heteroatoms. The van der Waals surface area contributed by atoms with Gasteiger partial charge in [-0.25, -0.2) is 0 Å². The smallest absolute Gasteiger partial charge is 0.259 e. The Balaban J connectivity index is 1.70. The molecular formula is C23H18N2O3. The Morgan fingerprint density at radius 1 is 1.04 bits per heavy atom. The molecule has 5 nitrogen and oxygen atoms in total. The number of phenolic OH excluding ortho intramolecular Hbond substituents is 1. The van der Waals surface area contributed by atoms with Crippen molar-refractivity contribution in [2.24, 2.45) is 4.99 Å². The second-order valence-electron chi connectivity index (χ2n) is 6.91. The van der Waals surface area contributed by atoms with E-state index in [0.29, 0.717) is 17.7 Å². The van der Waals surface area contributed by atoms with Crippen LogP contribution in [0.15, 0.2) is 71.7 Å². The number of fused-ring (bicyclic) bond motifs is 5. The van der Waals surface area contributed by atoms with Crippen LogP contribution in [0.4, 0.5) is 11.4 Å². The summed E-state index contributed by atoms with van der Waals surface area (Å²) in [5.41, 5.74) is 4.61. The zero-order chi connectivity index (χ0) is 19.3. The van der Waals surface area contributed by atoms with Gasteiger partial charge in [0, 0.05) is 23.6 Å². The number of aromatic hydroxyl groups is 1. The molecule has 1 atom stereocenters. The highest BCUT2D eigenvalue weighted by atomic mass is 16.5. The van der Waals surface area contributed by atoms with E-state index in [1.54, 1.807) is 19.2 Å². The van der Waals surface area contributed by atoms with Crippen molar-refractivity contribution >= 4 is 23.0 Å². The Hall–Kier alpha value is -3.60. The second-order valence-corrected chi connectivity index (χ2v) is 6.91. The summed E-state index contributed by atoms with van der Waals surface area (Å²) >= 11 is 0. The fraction of sp³-hybridized carbons (Fsp3) is 0.130. The highest BCUT2D eigenvalue weighted by Crippen LogP contribution is 2.46. The van der Waals surface area contributed by atoms with Gasteiger partial charge in [0.15, 0.2) is 0 Å². The molecule has 2 aliphatic heterocycles. The third-order valence-electron chi connectivity index (χ3n) is 5.38. The number of ether oxygens (including phenoxy) is 1. The van der Waals surface area contributed by atoms with E-state index in [9.17, 15) is 9.90 Å². The van der Waals surface area contributed by atoms with Gasteiger partial charge >= 0.3 is 0 Å². The number of carbonyl (C=O) groups is 1. The van der Waals surface area contributed by atoms with Gasteiger partial charge in [0.1, 0.15) is 11.5 Å². The molecule has 1 N–H and O–H groups in total. The van der Waals surface area contributed by atoms with Crippen LogP contribution in [0.2, 0.25) is 0 Å². The third-order valence-corrected chi connectivity index (χ3v) is 5.38. The second kappa shape index (κ2) is 6.23. The molecule has 0 saturated heterocycles. The van der Waals surface area contributed by atoms with E-state index in [0.717, 1.165) is 28.2 Å². The molecule has 2 aliphatic rings. The summed E-state index contributed by atoms with van der Waals surface area (Å²) in [4.78, 5) is 19.8. The highest BCUT2D eigenvalue weighted by Gasteiger charge is 2.40. The summed E-state index contributed by atoms with van der Waals surface area (Å²) in [5, 5.41) is 10.6. The minimum Gasteiger partial charge on any atom is -0.507 e. The number of phenols is 1. The Morgan fingerprint density at radius 2 is 1.82 bits per heavy atom. The predicted molar refractivity (Wildman–Crippen MR) is 108 cm³/mol. The number of anilines is 1. The number of hydrogen-bond acceptors (Lipinski definition) is 4. The van der Waals surface area contributed by atoms with Crippen molar-refractivity contribution in [3.63, 3.8) is 0 Å². The molecule has 5 rings (SSSR count). The summed E-state index contributed by atoms with van der Waals surface area (Å²) in [6.07, 6.45) is 0.511. The molecule has 3 aromatic carbocycles. The summed E-state index contributed by atoms with van der Waals surface area (Å²) < 4.78 is 5.20. The van der Waals surface area contributed by atoms with Gasteiger partial charge in [-0.1, -0.05) is 30.3 Å². The van der Waals surface area contributed by atoms with Crippen molar-refractivity contribution in [1.82, 2.24) is 0 Å². The van der Waals surface area contributed by atoms with Crippen LogP contribution in [0.1, 0.15) is 33.9 Å². The molecule has 28 heavy (non-hydrogen) atoms. The van der Waals surface area contributed by atoms with Gasteiger partial charge < -0.3 is 9.84 Å². The molecule has 0 unspecified atom stereocenters. The molecular weight excluding hydrogens is 352 g/mol. The summed E-state index contributed by atoms with van der Waals surface area (Å²) in [6, 6.07) is 20.4. The minimum absolute atomic E-state index is 0.0107. The molecule has 3 aromatic rings. The van der Waals surface area contributed by atoms with Crippen molar-refractivity contribution in [2.45, 2.75) is 12.5 Å². The van der Waals surface area contributed by atoms with E-state index >= 15 is 0 Å². The lowest BCUT2D eigenvalue weighted by molar-refractivity contribution is 0.0992. The van der Waals surface area contributed by atoms with E-state index in [-0.39, 0.29) is 17.7 Å². The molecule has 0 aromatic heterocycles. The van der Waals surface area contributed by atoms with E-state index in [1.165, 1.54) is 0 Å². The van der Waals surface area contributed by atoms with E-state index in [1.807, 2.05) is 59.5 Å². The van der Waals surface area contributed by atoms with Crippen LogP contribution >= 0.6 is 0 Å². The first-order valence-electron chi connectivity index (χ1n) is 9.14. The number of methoxy groups -OCH3 is 1. The summed E-state index contributed by atoms with van der Waals surface area (Å²) in [5.74, 6) is 0.684. The van der Waals surface area contributed by atoms with Gasteiger partial charge in [-0.15, -0.1) is 0 Å². The number of carbonyl (C=O) groups excluding carboxylic acids is 1. The topological polar surface area (TPSA) is 62.1 Å². The summed E-state index contributed by atoms with van der Waals surface area (Å²) in [7, 11) is 1.56. The van der Waals surface area contributed by atoms with Crippen LogP contribution in [-0.2, 0) is 0 Å². The zero-order valence-corrected chi connectivity index (χ0v) is 15.3. The number of aliphatic imine (C=N–C) groups is 1. The number of nitrogens with zero attached hydrogens (tertiary/aromatic N) is 2. The third kappa shape index (κ3) is 2.40. The predicted octanol–water partition coefficient (Wildman–Crippen LogP) is 4.63. The Bertz CT molecular complexity index is 1140. The first-order chi connectivity index (χ1) is 13.7. The van der Waals surface area contributed by atoms with Crippen LogP contribution in [-0.4, -0.2) is 23.8 Å². The number of benzene rings is 3. The van der Waals surface area contributed by atoms with Crippen LogP contribution in [0.25, 0.3) is 0 Å². The van der Waals surface area contributed by atoms with Gasteiger partial charge in [0.2, 0.25) is 0 Å². The lowest BCUT2D eigenvalue weighted by Gasteiger charge is -2.24. The van der Waals surface area contributed by atoms with Crippen molar-refractivity contribution in [3.05, 3.63) is 83.4 Å². The molecule has 138 valence electrons. The average Bonchev–Trinajstić information content (AvgIpc) is 2.89. The quantitative estimate of drug-likeness (QED) is 0.716.